The van der Waals surface area contributed by atoms with Crippen LogP contribution < -0.4 is 5.73 Å². The Balaban J connectivity index is 1.23. The molecule has 35 heavy (non-hydrogen) atoms. The highest BCUT2D eigenvalue weighted by atomic mass is 16.9. The average Bonchev–Trinajstić information content (AvgIpc) is 3.42. The maximum Gasteiger partial charge on any atom is 0.272 e. The fourth-order valence-electron chi connectivity index (χ4n) is 9.54. The Morgan fingerprint density at radius 1 is 1.06 bits per heavy atom. The molecule has 0 aromatic carbocycles. The first-order chi connectivity index (χ1) is 16.7. The molecule has 5 rings (SSSR count). The molecule has 10 unspecified atom stereocenters. The van der Waals surface area contributed by atoms with E-state index in [1.54, 1.807) is 5.57 Å². The quantitative estimate of drug-likeness (QED) is 0.372. The topological polar surface area (TPSA) is 53.7 Å². The van der Waals surface area contributed by atoms with Crippen LogP contribution in [-0.4, -0.2) is 31.8 Å². The number of ether oxygens (including phenoxy) is 3. The van der Waals surface area contributed by atoms with Gasteiger partial charge in [0.1, 0.15) is 0 Å². The van der Waals surface area contributed by atoms with Crippen molar-refractivity contribution in [2.45, 2.75) is 124 Å². The van der Waals surface area contributed by atoms with Gasteiger partial charge in [0.15, 0.2) is 0 Å². The van der Waals surface area contributed by atoms with Gasteiger partial charge in [-0.3, -0.25) is 0 Å². The predicted octanol–water partition coefficient (Wildman–Crippen LogP) is 7.07. The fourth-order valence-corrected chi connectivity index (χ4v) is 9.54. The molecule has 4 heteroatoms. The Labute approximate surface area is 215 Å². The van der Waals surface area contributed by atoms with E-state index in [0.29, 0.717) is 24.0 Å². The molecule has 0 aromatic rings. The molecule has 0 spiro atoms. The van der Waals surface area contributed by atoms with Gasteiger partial charge in [0.2, 0.25) is 0 Å². The number of rotatable bonds is 8. The van der Waals surface area contributed by atoms with Gasteiger partial charge in [-0.25, -0.2) is 0 Å². The summed E-state index contributed by atoms with van der Waals surface area (Å²) in [7, 11) is 0. The van der Waals surface area contributed by atoms with Crippen molar-refractivity contribution < 1.29 is 14.2 Å². The van der Waals surface area contributed by atoms with Crippen molar-refractivity contribution in [3.05, 3.63) is 11.6 Å². The van der Waals surface area contributed by atoms with E-state index in [1.165, 1.54) is 57.8 Å². The summed E-state index contributed by atoms with van der Waals surface area (Å²) < 4.78 is 17.7. The van der Waals surface area contributed by atoms with Crippen molar-refractivity contribution in [2.75, 3.05) is 13.2 Å². The highest BCUT2D eigenvalue weighted by molar-refractivity contribution is 5.25. The third-order valence-electron chi connectivity index (χ3n) is 11.5. The van der Waals surface area contributed by atoms with Gasteiger partial charge in [0.05, 0.1) is 18.8 Å². The minimum Gasteiger partial charge on any atom is -0.328 e. The van der Waals surface area contributed by atoms with E-state index in [-0.39, 0.29) is 12.2 Å². The second kappa shape index (κ2) is 10.4. The summed E-state index contributed by atoms with van der Waals surface area (Å²) in [6.07, 6.45) is 17.6. The lowest BCUT2D eigenvalue weighted by atomic mass is 9.47. The molecular weight excluding hydrogens is 434 g/mol. The minimum absolute atomic E-state index is 0.0202. The Kier molecular flexibility index (Phi) is 7.77. The molecule has 1 aliphatic heterocycles. The van der Waals surface area contributed by atoms with Crippen LogP contribution in [0.5, 0.6) is 0 Å². The van der Waals surface area contributed by atoms with E-state index in [1.807, 2.05) is 0 Å². The van der Waals surface area contributed by atoms with Gasteiger partial charge in [0, 0.05) is 6.54 Å². The maximum absolute atomic E-state index is 6.25. The van der Waals surface area contributed by atoms with Crippen LogP contribution in [0.2, 0.25) is 0 Å². The smallest absolute Gasteiger partial charge is 0.272 e. The number of hydrogen-bond acceptors (Lipinski definition) is 4. The SMILES string of the molecule is CC(C)CCCC(C)C1CCC2C3CC=C4CC(OC5OCC(CN)O5)CCC4(C)C3CCC12C. The van der Waals surface area contributed by atoms with E-state index in [0.717, 1.165) is 48.3 Å². The number of nitrogens with two attached hydrogens (primary N) is 1. The third-order valence-corrected chi connectivity index (χ3v) is 11.5. The van der Waals surface area contributed by atoms with Crippen molar-refractivity contribution in [1.29, 1.82) is 0 Å². The second-order valence-electron chi connectivity index (χ2n) is 13.9. The summed E-state index contributed by atoms with van der Waals surface area (Å²) in [6.45, 7) is 13.1. The van der Waals surface area contributed by atoms with Crippen molar-refractivity contribution in [3.8, 4) is 0 Å². The first-order valence-corrected chi connectivity index (χ1v) is 15.1. The van der Waals surface area contributed by atoms with Gasteiger partial charge < -0.3 is 19.9 Å². The molecule has 4 aliphatic carbocycles. The summed E-state index contributed by atoms with van der Waals surface area (Å²) in [5.41, 5.74) is 8.33. The van der Waals surface area contributed by atoms with Crippen LogP contribution in [0.1, 0.15) is 105 Å². The van der Waals surface area contributed by atoms with Crippen LogP contribution in [0.4, 0.5) is 0 Å². The summed E-state index contributed by atoms with van der Waals surface area (Å²) in [6, 6.07) is 0. The van der Waals surface area contributed by atoms with Crippen molar-refractivity contribution in [2.24, 2.45) is 52.1 Å². The van der Waals surface area contributed by atoms with Gasteiger partial charge in [0.25, 0.3) is 6.48 Å². The van der Waals surface area contributed by atoms with Crippen LogP contribution in [0, 0.1) is 46.3 Å². The van der Waals surface area contributed by atoms with E-state index >= 15 is 0 Å². The lowest BCUT2D eigenvalue weighted by Crippen LogP contribution is -2.51. The largest absolute Gasteiger partial charge is 0.328 e. The van der Waals surface area contributed by atoms with Crippen LogP contribution in [0.3, 0.4) is 0 Å². The molecule has 0 aromatic heterocycles. The Bertz CT molecular complexity index is 766. The molecule has 1 saturated heterocycles. The Morgan fingerprint density at radius 2 is 1.89 bits per heavy atom. The predicted molar refractivity (Wildman–Crippen MR) is 142 cm³/mol. The van der Waals surface area contributed by atoms with Gasteiger partial charge in [-0.05, 0) is 97.7 Å². The molecule has 1 heterocycles. The van der Waals surface area contributed by atoms with Crippen LogP contribution in [0.15, 0.2) is 11.6 Å². The Morgan fingerprint density at radius 3 is 2.63 bits per heavy atom. The van der Waals surface area contributed by atoms with E-state index in [2.05, 4.69) is 40.7 Å². The number of hydrogen-bond donors (Lipinski definition) is 1. The fraction of sp³-hybridized carbons (Fsp3) is 0.935. The van der Waals surface area contributed by atoms with Crippen LogP contribution in [-0.2, 0) is 14.2 Å². The zero-order valence-electron chi connectivity index (χ0n) is 23.3. The van der Waals surface area contributed by atoms with Gasteiger partial charge in [-0.15, -0.1) is 0 Å². The monoisotopic (exact) mass is 487 g/mol. The molecule has 5 aliphatic rings. The molecule has 0 bridgehead atoms. The number of fused-ring (bicyclic) bond motifs is 5. The average molecular weight is 488 g/mol. The standard InChI is InChI=1S/C31H53NO3/c1-20(2)7-6-8-21(3)26-11-12-27-25-10-9-22-17-23(34-29-33-19-24(18-32)35-29)13-15-30(22,4)28(25)14-16-31(26,27)5/h9,20-21,23-29H,6-8,10-19,32H2,1-5H3. The lowest BCUT2D eigenvalue weighted by Gasteiger charge is -2.58. The molecule has 10 atom stereocenters. The summed E-state index contributed by atoms with van der Waals surface area (Å²) in [5.74, 6) is 5.34. The maximum atomic E-state index is 6.25. The zero-order valence-corrected chi connectivity index (χ0v) is 23.3. The highest BCUT2D eigenvalue weighted by Gasteiger charge is 2.59. The molecule has 200 valence electrons. The molecule has 4 nitrogen and oxygen atoms in total. The van der Waals surface area contributed by atoms with Crippen LogP contribution >= 0.6 is 0 Å². The van der Waals surface area contributed by atoms with Gasteiger partial charge in [-0.1, -0.05) is 65.5 Å². The van der Waals surface area contributed by atoms with E-state index in [4.69, 9.17) is 19.9 Å². The zero-order chi connectivity index (χ0) is 24.8. The molecule has 3 saturated carbocycles. The first-order valence-electron chi connectivity index (χ1n) is 15.1. The van der Waals surface area contributed by atoms with Crippen LogP contribution in [0.25, 0.3) is 0 Å². The third kappa shape index (κ3) is 4.91. The second-order valence-corrected chi connectivity index (χ2v) is 13.9. The summed E-state index contributed by atoms with van der Waals surface area (Å²) >= 11 is 0. The molecular formula is C31H53NO3. The van der Waals surface area contributed by atoms with Crippen molar-refractivity contribution in [1.82, 2.24) is 0 Å². The number of allylic oxidation sites excluding steroid dienone is 1. The van der Waals surface area contributed by atoms with Gasteiger partial charge in [-0.2, -0.15) is 0 Å². The Hall–Kier alpha value is -0.420. The van der Waals surface area contributed by atoms with E-state index in [9.17, 15) is 0 Å². The van der Waals surface area contributed by atoms with Crippen molar-refractivity contribution in [3.63, 3.8) is 0 Å². The summed E-state index contributed by atoms with van der Waals surface area (Å²) in [5, 5.41) is 0. The first kappa shape index (κ1) is 26.2. The molecule has 0 radical (unpaired) electrons. The molecule has 2 N–H and O–H groups in total. The summed E-state index contributed by atoms with van der Waals surface area (Å²) in [4.78, 5) is 0. The highest BCUT2D eigenvalue weighted by Crippen LogP contribution is 2.67. The van der Waals surface area contributed by atoms with E-state index < -0.39 is 6.48 Å². The van der Waals surface area contributed by atoms with Crippen molar-refractivity contribution >= 4 is 0 Å². The molecule has 4 fully saturated rings. The molecule has 0 amide bonds. The minimum atomic E-state index is -0.525. The normalized spacial score (nSPS) is 46.1. The van der Waals surface area contributed by atoms with Gasteiger partial charge >= 0.3 is 0 Å². The lowest BCUT2D eigenvalue weighted by molar-refractivity contribution is -0.261.